The minimum atomic E-state index is 0.517. The fourth-order valence-corrected chi connectivity index (χ4v) is 1.64. The molecule has 18 heavy (non-hydrogen) atoms. The first-order chi connectivity index (χ1) is 8.79. The van der Waals surface area contributed by atoms with Crippen LogP contribution in [0.2, 0.25) is 0 Å². The zero-order valence-electron chi connectivity index (χ0n) is 10.3. The highest BCUT2D eigenvalue weighted by Crippen LogP contribution is 2.20. The van der Waals surface area contributed by atoms with E-state index < -0.39 is 0 Å². The summed E-state index contributed by atoms with van der Waals surface area (Å²) in [6.07, 6.45) is 0.607. The highest BCUT2D eigenvalue weighted by atomic mass is 19.1. The second-order valence-corrected chi connectivity index (χ2v) is 4.09. The second-order valence-electron chi connectivity index (χ2n) is 4.09. The summed E-state index contributed by atoms with van der Waals surface area (Å²) >= 11 is 0. The molecule has 2 aromatic rings. The molecule has 2 rings (SSSR count). The van der Waals surface area contributed by atoms with Gasteiger partial charge in [-0.2, -0.15) is 0 Å². The van der Waals surface area contributed by atoms with E-state index in [0.29, 0.717) is 18.5 Å². The van der Waals surface area contributed by atoms with Crippen LogP contribution in [0.25, 0.3) is 5.57 Å². The minimum absolute atomic E-state index is 0.517. The van der Waals surface area contributed by atoms with Gasteiger partial charge in [0, 0.05) is 0 Å². The maximum Gasteiger partial charge on any atom is 0.120 e. The van der Waals surface area contributed by atoms with Crippen LogP contribution in [-0.2, 0) is 6.61 Å². The minimum Gasteiger partial charge on any atom is -0.489 e. The summed E-state index contributed by atoms with van der Waals surface area (Å²) in [5, 5.41) is 0. The molecule has 0 aromatic heterocycles. The van der Waals surface area contributed by atoms with Crippen LogP contribution in [0.5, 0.6) is 5.75 Å². The predicted octanol–water partition coefficient (Wildman–Crippen LogP) is 4.60. The Morgan fingerprint density at radius 1 is 1.11 bits per heavy atom. The third-order valence-electron chi connectivity index (χ3n) is 2.70. The van der Waals surface area contributed by atoms with E-state index in [4.69, 9.17) is 4.74 Å². The van der Waals surface area contributed by atoms with Gasteiger partial charge in [0.2, 0.25) is 0 Å². The van der Waals surface area contributed by atoms with Crippen molar-refractivity contribution in [2.24, 2.45) is 0 Å². The van der Waals surface area contributed by atoms with Crippen LogP contribution in [0, 0.1) is 0 Å². The Hall–Kier alpha value is -2.09. The maximum atomic E-state index is 12.5. The van der Waals surface area contributed by atoms with E-state index in [0.717, 1.165) is 16.9 Å². The summed E-state index contributed by atoms with van der Waals surface area (Å²) in [6.45, 7) is 2.25. The van der Waals surface area contributed by atoms with Crippen molar-refractivity contribution in [1.29, 1.82) is 0 Å². The molecule has 0 heterocycles. The van der Waals surface area contributed by atoms with E-state index >= 15 is 0 Å². The topological polar surface area (TPSA) is 9.23 Å². The molecule has 0 amide bonds. The molecule has 92 valence electrons. The molecular weight excluding hydrogens is 227 g/mol. The zero-order valence-corrected chi connectivity index (χ0v) is 10.3. The number of rotatable bonds is 4. The highest BCUT2D eigenvalue weighted by Gasteiger charge is 1.99. The van der Waals surface area contributed by atoms with Gasteiger partial charge in [0.05, 0.1) is 6.33 Å². The Kier molecular flexibility index (Phi) is 4.13. The predicted molar refractivity (Wildman–Crippen MR) is 72.0 cm³/mol. The Balaban J connectivity index is 2.06. The number of halogens is 1. The normalized spacial score (nSPS) is 11.3. The van der Waals surface area contributed by atoms with E-state index in [1.54, 1.807) is 6.92 Å². The monoisotopic (exact) mass is 242 g/mol. The van der Waals surface area contributed by atoms with Crippen molar-refractivity contribution in [2.75, 3.05) is 0 Å². The zero-order chi connectivity index (χ0) is 12.8. The smallest absolute Gasteiger partial charge is 0.120 e. The third-order valence-corrected chi connectivity index (χ3v) is 2.70. The second kappa shape index (κ2) is 6.01. The van der Waals surface area contributed by atoms with Crippen molar-refractivity contribution in [3.05, 3.63) is 72.1 Å². The number of hydrogen-bond donors (Lipinski definition) is 0. The maximum absolute atomic E-state index is 12.5. The van der Waals surface area contributed by atoms with Crippen LogP contribution < -0.4 is 4.74 Å². The van der Waals surface area contributed by atoms with Crippen LogP contribution >= 0.6 is 0 Å². The fraction of sp³-hybridized carbons (Fsp3) is 0.125. The van der Waals surface area contributed by atoms with Crippen molar-refractivity contribution in [2.45, 2.75) is 13.5 Å². The van der Waals surface area contributed by atoms with Crippen LogP contribution in [-0.4, -0.2) is 0 Å². The van der Waals surface area contributed by atoms with Crippen molar-refractivity contribution in [3.8, 4) is 5.75 Å². The van der Waals surface area contributed by atoms with E-state index in [2.05, 4.69) is 0 Å². The molecule has 2 aromatic carbocycles. The fourth-order valence-electron chi connectivity index (χ4n) is 1.64. The molecule has 0 fully saturated rings. The molecule has 0 unspecified atom stereocenters. The lowest BCUT2D eigenvalue weighted by atomic mass is 10.1. The SMILES string of the molecule is C/C(=C\F)c1cccc(OCc2ccccc2)c1. The standard InChI is InChI=1S/C16H15FO/c1-13(11-17)15-8-5-9-16(10-15)18-12-14-6-3-2-4-7-14/h2-11H,12H2,1H3/b13-11+. The number of benzene rings is 2. The van der Waals surface area contributed by atoms with E-state index in [1.165, 1.54) is 0 Å². The molecule has 2 heteroatoms. The van der Waals surface area contributed by atoms with Gasteiger partial charge in [-0.1, -0.05) is 42.5 Å². The lowest BCUT2D eigenvalue weighted by Gasteiger charge is -2.08. The van der Waals surface area contributed by atoms with Crippen LogP contribution in [0.4, 0.5) is 4.39 Å². The molecule has 0 radical (unpaired) electrons. The molecule has 0 saturated carbocycles. The Morgan fingerprint density at radius 3 is 2.61 bits per heavy atom. The summed E-state index contributed by atoms with van der Waals surface area (Å²) in [4.78, 5) is 0. The molecule has 0 spiro atoms. The van der Waals surface area contributed by atoms with Crippen LogP contribution in [0.15, 0.2) is 60.9 Å². The first-order valence-electron chi connectivity index (χ1n) is 5.84. The van der Waals surface area contributed by atoms with Crippen LogP contribution in [0.1, 0.15) is 18.1 Å². The van der Waals surface area contributed by atoms with Crippen LogP contribution in [0.3, 0.4) is 0 Å². The third kappa shape index (κ3) is 3.20. The van der Waals surface area contributed by atoms with E-state index in [-0.39, 0.29) is 0 Å². The number of hydrogen-bond acceptors (Lipinski definition) is 1. The van der Waals surface area contributed by atoms with Crippen molar-refractivity contribution in [3.63, 3.8) is 0 Å². The summed E-state index contributed by atoms with van der Waals surface area (Å²) in [7, 11) is 0. The van der Waals surface area contributed by atoms with Crippen molar-refractivity contribution < 1.29 is 9.13 Å². The summed E-state index contributed by atoms with van der Waals surface area (Å²) in [5.41, 5.74) is 2.55. The Labute approximate surface area is 107 Å². The quantitative estimate of drug-likeness (QED) is 0.761. The molecule has 0 aliphatic rings. The number of ether oxygens (including phenoxy) is 1. The molecule has 0 aliphatic carbocycles. The Morgan fingerprint density at radius 2 is 1.89 bits per heavy atom. The molecule has 0 N–H and O–H groups in total. The van der Waals surface area contributed by atoms with Crippen molar-refractivity contribution >= 4 is 5.57 Å². The van der Waals surface area contributed by atoms with Crippen molar-refractivity contribution in [1.82, 2.24) is 0 Å². The van der Waals surface area contributed by atoms with Gasteiger partial charge in [0.15, 0.2) is 0 Å². The van der Waals surface area contributed by atoms with Gasteiger partial charge in [0.25, 0.3) is 0 Å². The average Bonchev–Trinajstić information content (AvgIpc) is 2.45. The van der Waals surface area contributed by atoms with E-state index in [9.17, 15) is 4.39 Å². The molecular formula is C16H15FO. The summed E-state index contributed by atoms with van der Waals surface area (Å²) in [5.74, 6) is 0.748. The average molecular weight is 242 g/mol. The van der Waals surface area contributed by atoms with Gasteiger partial charge in [0.1, 0.15) is 12.4 Å². The molecule has 0 atom stereocenters. The molecule has 0 saturated heterocycles. The van der Waals surface area contributed by atoms with Gasteiger partial charge in [-0.05, 0) is 35.8 Å². The van der Waals surface area contributed by atoms with Gasteiger partial charge in [-0.3, -0.25) is 0 Å². The first kappa shape index (κ1) is 12.4. The molecule has 0 aliphatic heterocycles. The van der Waals surface area contributed by atoms with Gasteiger partial charge >= 0.3 is 0 Å². The number of allylic oxidation sites excluding steroid dienone is 1. The largest absolute Gasteiger partial charge is 0.489 e. The Bertz CT molecular complexity index is 532. The van der Waals surface area contributed by atoms with Gasteiger partial charge < -0.3 is 4.74 Å². The summed E-state index contributed by atoms with van der Waals surface area (Å²) < 4.78 is 18.1. The molecule has 1 nitrogen and oxygen atoms in total. The molecule has 0 bridgehead atoms. The van der Waals surface area contributed by atoms with E-state index in [1.807, 2.05) is 54.6 Å². The first-order valence-corrected chi connectivity index (χ1v) is 5.84. The van der Waals surface area contributed by atoms with Gasteiger partial charge in [-0.25, -0.2) is 4.39 Å². The van der Waals surface area contributed by atoms with Gasteiger partial charge in [-0.15, -0.1) is 0 Å². The lowest BCUT2D eigenvalue weighted by molar-refractivity contribution is 0.306. The highest BCUT2D eigenvalue weighted by molar-refractivity contribution is 5.63. The summed E-state index contributed by atoms with van der Waals surface area (Å²) in [6, 6.07) is 17.4. The lowest BCUT2D eigenvalue weighted by Crippen LogP contribution is -1.95.